The van der Waals surface area contributed by atoms with E-state index in [1.807, 2.05) is 13.0 Å². The van der Waals surface area contributed by atoms with Gasteiger partial charge in [0.1, 0.15) is 5.82 Å². The fourth-order valence-electron chi connectivity index (χ4n) is 1.57. The van der Waals surface area contributed by atoms with Gasteiger partial charge >= 0.3 is 0 Å². The topological polar surface area (TPSA) is 26.0 Å². The third-order valence-electron chi connectivity index (χ3n) is 2.36. The van der Waals surface area contributed by atoms with Gasteiger partial charge in [-0.1, -0.05) is 25.8 Å². The quantitative estimate of drug-likeness (QED) is 0.783. The molecule has 0 aliphatic carbocycles. The molecule has 14 heavy (non-hydrogen) atoms. The molecular weight excluding hydrogens is 177 g/mol. The van der Waals surface area contributed by atoms with E-state index in [0.717, 1.165) is 30.4 Å². The van der Waals surface area contributed by atoms with Gasteiger partial charge in [0.25, 0.3) is 0 Å². The molecule has 1 atom stereocenters. The van der Waals surface area contributed by atoms with Crippen molar-refractivity contribution < 1.29 is 4.39 Å². The lowest BCUT2D eigenvalue weighted by molar-refractivity contribution is 0.587. The maximum absolute atomic E-state index is 13.1. The smallest absolute Gasteiger partial charge is 0.123 e. The van der Waals surface area contributed by atoms with Crippen LogP contribution in [-0.2, 0) is 0 Å². The fourth-order valence-corrected chi connectivity index (χ4v) is 1.57. The van der Waals surface area contributed by atoms with Gasteiger partial charge in [-0.2, -0.15) is 0 Å². The number of benzene rings is 1. The monoisotopic (exact) mass is 195 g/mol. The van der Waals surface area contributed by atoms with Crippen LogP contribution < -0.4 is 5.73 Å². The number of rotatable bonds is 4. The van der Waals surface area contributed by atoms with E-state index in [0.29, 0.717) is 0 Å². The summed E-state index contributed by atoms with van der Waals surface area (Å²) in [5.41, 5.74) is 7.80. The van der Waals surface area contributed by atoms with Gasteiger partial charge in [-0.05, 0) is 36.6 Å². The maximum atomic E-state index is 13.1. The van der Waals surface area contributed by atoms with Crippen molar-refractivity contribution in [2.45, 2.75) is 39.2 Å². The highest BCUT2D eigenvalue weighted by Gasteiger charge is 2.06. The molecule has 0 spiro atoms. The summed E-state index contributed by atoms with van der Waals surface area (Å²) in [7, 11) is 0. The molecule has 0 unspecified atom stereocenters. The summed E-state index contributed by atoms with van der Waals surface area (Å²) >= 11 is 0. The Balaban J connectivity index is 2.73. The molecule has 78 valence electrons. The number of aryl methyl sites for hydroxylation is 1. The molecule has 2 N–H and O–H groups in total. The summed E-state index contributed by atoms with van der Waals surface area (Å²) in [6.07, 6.45) is 3.15. The SMILES string of the molecule is CCCC[C@@H](N)c1cc(C)cc(F)c1. The predicted molar refractivity (Wildman–Crippen MR) is 57.6 cm³/mol. The first-order valence-corrected chi connectivity index (χ1v) is 5.16. The van der Waals surface area contributed by atoms with Crippen LogP contribution in [0.5, 0.6) is 0 Å². The van der Waals surface area contributed by atoms with Crippen molar-refractivity contribution in [3.63, 3.8) is 0 Å². The molecule has 0 saturated heterocycles. The van der Waals surface area contributed by atoms with Crippen molar-refractivity contribution in [1.29, 1.82) is 0 Å². The molecule has 0 aliphatic rings. The minimum Gasteiger partial charge on any atom is -0.324 e. The highest BCUT2D eigenvalue weighted by Crippen LogP contribution is 2.19. The van der Waals surface area contributed by atoms with Crippen molar-refractivity contribution in [3.05, 3.63) is 35.1 Å². The average Bonchev–Trinajstić information content (AvgIpc) is 2.12. The van der Waals surface area contributed by atoms with Crippen LogP contribution in [0.1, 0.15) is 43.4 Å². The number of halogens is 1. The first-order valence-electron chi connectivity index (χ1n) is 5.16. The van der Waals surface area contributed by atoms with E-state index in [9.17, 15) is 4.39 Å². The van der Waals surface area contributed by atoms with Gasteiger partial charge in [-0.15, -0.1) is 0 Å². The Morgan fingerprint density at radius 2 is 2.07 bits per heavy atom. The summed E-state index contributed by atoms with van der Waals surface area (Å²) in [6, 6.07) is 5.00. The highest BCUT2D eigenvalue weighted by atomic mass is 19.1. The van der Waals surface area contributed by atoms with Crippen LogP contribution in [0.2, 0.25) is 0 Å². The molecule has 2 heteroatoms. The van der Waals surface area contributed by atoms with E-state index in [1.54, 1.807) is 0 Å². The van der Waals surface area contributed by atoms with Crippen LogP contribution in [0.4, 0.5) is 4.39 Å². The van der Waals surface area contributed by atoms with Gasteiger partial charge in [0.15, 0.2) is 0 Å². The zero-order valence-corrected chi connectivity index (χ0v) is 8.89. The second kappa shape index (κ2) is 5.11. The van der Waals surface area contributed by atoms with Crippen LogP contribution in [0, 0.1) is 12.7 Å². The van der Waals surface area contributed by atoms with Crippen molar-refractivity contribution in [3.8, 4) is 0 Å². The second-order valence-corrected chi connectivity index (χ2v) is 3.81. The summed E-state index contributed by atoms with van der Waals surface area (Å²) < 4.78 is 13.1. The lowest BCUT2D eigenvalue weighted by atomic mass is 10.0. The van der Waals surface area contributed by atoms with Crippen LogP contribution in [-0.4, -0.2) is 0 Å². The van der Waals surface area contributed by atoms with Crippen molar-refractivity contribution in [2.24, 2.45) is 5.73 Å². The van der Waals surface area contributed by atoms with E-state index < -0.39 is 0 Å². The van der Waals surface area contributed by atoms with E-state index in [1.165, 1.54) is 12.1 Å². The first-order chi connectivity index (χ1) is 6.63. The van der Waals surface area contributed by atoms with E-state index in [4.69, 9.17) is 5.73 Å². The third-order valence-corrected chi connectivity index (χ3v) is 2.36. The Morgan fingerprint density at radius 3 is 2.64 bits per heavy atom. The molecular formula is C12H18FN. The van der Waals surface area contributed by atoms with Crippen LogP contribution in [0.25, 0.3) is 0 Å². The third kappa shape index (κ3) is 3.11. The van der Waals surface area contributed by atoms with Crippen LogP contribution in [0.3, 0.4) is 0 Å². The standard InChI is InChI=1S/C12H18FN/c1-3-4-5-12(14)10-6-9(2)7-11(13)8-10/h6-8,12H,3-5,14H2,1-2H3/t12-/m1/s1. The van der Waals surface area contributed by atoms with Crippen LogP contribution in [0.15, 0.2) is 18.2 Å². The highest BCUT2D eigenvalue weighted by molar-refractivity contribution is 5.25. The Morgan fingerprint density at radius 1 is 1.36 bits per heavy atom. The van der Waals surface area contributed by atoms with Crippen LogP contribution >= 0.6 is 0 Å². The Bertz CT molecular complexity index is 276. The molecule has 0 amide bonds. The van der Waals surface area contributed by atoms with Crippen molar-refractivity contribution in [2.75, 3.05) is 0 Å². The van der Waals surface area contributed by atoms with Gasteiger partial charge in [-0.3, -0.25) is 0 Å². The van der Waals surface area contributed by atoms with Crippen molar-refractivity contribution in [1.82, 2.24) is 0 Å². The zero-order chi connectivity index (χ0) is 10.6. The summed E-state index contributed by atoms with van der Waals surface area (Å²) in [5.74, 6) is -0.188. The molecule has 1 rings (SSSR count). The second-order valence-electron chi connectivity index (χ2n) is 3.81. The summed E-state index contributed by atoms with van der Waals surface area (Å²) in [5, 5.41) is 0. The van der Waals surface area contributed by atoms with Gasteiger partial charge < -0.3 is 5.73 Å². The molecule has 1 aromatic carbocycles. The number of hydrogen-bond acceptors (Lipinski definition) is 1. The molecule has 1 aromatic rings. The minimum atomic E-state index is -0.188. The molecule has 0 fully saturated rings. The predicted octanol–water partition coefficient (Wildman–Crippen LogP) is 3.32. The zero-order valence-electron chi connectivity index (χ0n) is 8.89. The fraction of sp³-hybridized carbons (Fsp3) is 0.500. The normalized spacial score (nSPS) is 12.9. The summed E-state index contributed by atoms with van der Waals surface area (Å²) in [6.45, 7) is 4.02. The molecule has 1 nitrogen and oxygen atoms in total. The molecule has 0 heterocycles. The van der Waals surface area contributed by atoms with E-state index in [-0.39, 0.29) is 11.9 Å². The molecule has 0 aromatic heterocycles. The minimum absolute atomic E-state index is 0.0238. The summed E-state index contributed by atoms with van der Waals surface area (Å²) in [4.78, 5) is 0. The molecule has 0 radical (unpaired) electrons. The maximum Gasteiger partial charge on any atom is 0.123 e. The van der Waals surface area contributed by atoms with Gasteiger partial charge in [-0.25, -0.2) is 4.39 Å². The lowest BCUT2D eigenvalue weighted by Crippen LogP contribution is -2.10. The van der Waals surface area contributed by atoms with E-state index in [2.05, 4.69) is 6.92 Å². The first kappa shape index (κ1) is 11.2. The number of hydrogen-bond donors (Lipinski definition) is 1. The van der Waals surface area contributed by atoms with Gasteiger partial charge in [0.05, 0.1) is 0 Å². The van der Waals surface area contributed by atoms with Gasteiger partial charge in [0, 0.05) is 6.04 Å². The Hall–Kier alpha value is -0.890. The molecule has 0 bridgehead atoms. The number of nitrogens with two attached hydrogens (primary N) is 1. The van der Waals surface area contributed by atoms with Crippen molar-refractivity contribution >= 4 is 0 Å². The lowest BCUT2D eigenvalue weighted by Gasteiger charge is -2.12. The van der Waals surface area contributed by atoms with E-state index >= 15 is 0 Å². The van der Waals surface area contributed by atoms with Gasteiger partial charge in [0.2, 0.25) is 0 Å². The Labute approximate surface area is 85.1 Å². The molecule has 0 aliphatic heterocycles. The largest absolute Gasteiger partial charge is 0.324 e. The average molecular weight is 195 g/mol. The molecule has 0 saturated carbocycles. The Kier molecular flexibility index (Phi) is 4.08. The number of unbranched alkanes of at least 4 members (excludes halogenated alkanes) is 1.